The number of aromatic nitrogens is 1. The number of carbonyl (C=O) groups excluding carboxylic acids is 7. The molecular formula is C49H58N8O13S. The molecule has 1 heterocycles. The van der Waals surface area contributed by atoms with E-state index in [4.69, 9.17) is 10.3 Å². The number of nitrogens with two attached hydrogens (primary N) is 1. The number of carboxylic acids is 1. The summed E-state index contributed by atoms with van der Waals surface area (Å²) in [7, 11) is -4.76. The fourth-order valence-electron chi connectivity index (χ4n) is 7.67. The summed E-state index contributed by atoms with van der Waals surface area (Å²) in [4.78, 5) is 110. The van der Waals surface area contributed by atoms with Crippen LogP contribution in [0.3, 0.4) is 0 Å². The van der Waals surface area contributed by atoms with Crippen molar-refractivity contribution in [3.05, 3.63) is 114 Å². The van der Waals surface area contributed by atoms with Crippen molar-refractivity contribution in [2.24, 2.45) is 5.73 Å². The van der Waals surface area contributed by atoms with Crippen LogP contribution in [0.25, 0.3) is 21.7 Å². The number of hydrogen-bond donors (Lipinski definition) is 10. The first kappa shape index (κ1) is 54.1. The Balaban J connectivity index is 1.29. The third-order valence-electron chi connectivity index (χ3n) is 11.4. The van der Waals surface area contributed by atoms with Gasteiger partial charge in [-0.3, -0.25) is 42.9 Å². The summed E-state index contributed by atoms with van der Waals surface area (Å²) in [6, 6.07) is 17.8. The van der Waals surface area contributed by atoms with Crippen molar-refractivity contribution in [3.63, 3.8) is 0 Å². The number of hydrogen-bond acceptors (Lipinski definition) is 11. The quantitative estimate of drug-likeness (QED) is 0.0339. The Morgan fingerprint density at radius 1 is 0.662 bits per heavy atom. The van der Waals surface area contributed by atoms with Crippen molar-refractivity contribution < 1.29 is 60.6 Å². The molecule has 0 saturated heterocycles. The Hall–Kier alpha value is -7.85. The molecule has 4 aromatic carbocycles. The third kappa shape index (κ3) is 16.7. The number of fused-ring (bicyclic) bond motifs is 2. The topological polar surface area (TPSA) is 334 Å². The number of benzene rings is 4. The minimum Gasteiger partial charge on any atom is -0.481 e. The van der Waals surface area contributed by atoms with Crippen molar-refractivity contribution in [2.45, 2.75) is 102 Å². The zero-order valence-corrected chi connectivity index (χ0v) is 39.9. The largest absolute Gasteiger partial charge is 0.481 e. The predicted octanol–water partition coefficient (Wildman–Crippen LogP) is 2.48. The molecule has 0 aliphatic carbocycles. The van der Waals surface area contributed by atoms with Gasteiger partial charge in [-0.1, -0.05) is 100 Å². The molecule has 0 aliphatic rings. The first-order chi connectivity index (χ1) is 33.8. The summed E-state index contributed by atoms with van der Waals surface area (Å²) >= 11 is 0. The summed E-state index contributed by atoms with van der Waals surface area (Å²) in [6.07, 6.45) is 3.14. The van der Waals surface area contributed by atoms with Gasteiger partial charge < -0.3 is 51.9 Å². The molecule has 0 fully saturated rings. The molecule has 0 bridgehead atoms. The van der Waals surface area contributed by atoms with Crippen molar-refractivity contribution in [2.75, 3.05) is 6.54 Å². The number of aromatic amines is 1. The number of primary amides is 1. The van der Waals surface area contributed by atoms with E-state index in [2.05, 4.69) is 41.1 Å². The van der Waals surface area contributed by atoms with Gasteiger partial charge in [-0.15, -0.1) is 0 Å². The summed E-state index contributed by atoms with van der Waals surface area (Å²) in [5.74, 6) is -7.29. The van der Waals surface area contributed by atoms with E-state index >= 15 is 0 Å². The Kier molecular flexibility index (Phi) is 19.6. The minimum atomic E-state index is -4.76. The van der Waals surface area contributed by atoms with Crippen LogP contribution in [0.2, 0.25) is 0 Å². The lowest BCUT2D eigenvalue weighted by Gasteiger charge is -2.26. The van der Waals surface area contributed by atoms with Crippen LogP contribution >= 0.6 is 0 Å². The van der Waals surface area contributed by atoms with E-state index in [9.17, 15) is 51.9 Å². The van der Waals surface area contributed by atoms with Crippen LogP contribution in [0.4, 0.5) is 0 Å². The highest BCUT2D eigenvalue weighted by atomic mass is 32.3. The fraction of sp³-hybridized carbons (Fsp3) is 0.347. The molecule has 71 heavy (non-hydrogen) atoms. The molecule has 378 valence electrons. The lowest BCUT2D eigenvalue weighted by molar-refractivity contribution is -0.141. The first-order valence-electron chi connectivity index (χ1n) is 22.9. The number of nitrogens with one attached hydrogen (secondary N) is 7. The number of amides is 7. The Morgan fingerprint density at radius 2 is 1.25 bits per heavy atom. The van der Waals surface area contributed by atoms with Crippen LogP contribution < -0.4 is 41.8 Å². The summed E-state index contributed by atoms with van der Waals surface area (Å²) in [6.45, 7) is 3.11. The van der Waals surface area contributed by atoms with Gasteiger partial charge in [0.25, 0.3) is 5.91 Å². The van der Waals surface area contributed by atoms with Crippen LogP contribution in [0, 0.1) is 0 Å². The summed E-state index contributed by atoms with van der Waals surface area (Å²) in [5.41, 5.74) is 7.77. The van der Waals surface area contributed by atoms with Crippen molar-refractivity contribution >= 4 is 79.4 Å². The molecule has 0 radical (unpaired) electrons. The molecule has 5 rings (SSSR count). The molecule has 5 atom stereocenters. The van der Waals surface area contributed by atoms with E-state index in [1.54, 1.807) is 42.6 Å². The highest BCUT2D eigenvalue weighted by Gasteiger charge is 2.33. The average molecular weight is 999 g/mol. The van der Waals surface area contributed by atoms with Crippen LogP contribution in [0.1, 0.15) is 80.3 Å². The Labute approximate surface area is 409 Å². The van der Waals surface area contributed by atoms with Crippen LogP contribution in [0.5, 0.6) is 5.75 Å². The number of para-hydroxylation sites is 1. The predicted molar refractivity (Wildman–Crippen MR) is 261 cm³/mol. The van der Waals surface area contributed by atoms with E-state index in [1.165, 1.54) is 36.4 Å². The highest BCUT2D eigenvalue weighted by molar-refractivity contribution is 7.81. The molecule has 11 N–H and O–H groups in total. The molecule has 0 aliphatic heterocycles. The van der Waals surface area contributed by atoms with Crippen LogP contribution in [-0.4, -0.2) is 107 Å². The zero-order chi connectivity index (χ0) is 51.7. The van der Waals surface area contributed by atoms with Crippen LogP contribution in [0.15, 0.2) is 97.2 Å². The molecule has 0 unspecified atom stereocenters. The lowest BCUT2D eigenvalue weighted by Crippen LogP contribution is -2.59. The van der Waals surface area contributed by atoms with Crippen molar-refractivity contribution in [1.82, 2.24) is 36.9 Å². The van der Waals surface area contributed by atoms with Gasteiger partial charge in [0.1, 0.15) is 36.0 Å². The number of carbonyl (C=O) groups is 8. The van der Waals surface area contributed by atoms with Gasteiger partial charge in [-0.2, -0.15) is 8.42 Å². The second-order valence-corrected chi connectivity index (χ2v) is 17.8. The van der Waals surface area contributed by atoms with Gasteiger partial charge in [0.05, 0.1) is 13.0 Å². The van der Waals surface area contributed by atoms with Gasteiger partial charge in [-0.25, -0.2) is 0 Å². The average Bonchev–Trinajstić information content (AvgIpc) is 3.74. The van der Waals surface area contributed by atoms with Crippen molar-refractivity contribution in [1.29, 1.82) is 0 Å². The van der Waals surface area contributed by atoms with Gasteiger partial charge in [0.15, 0.2) is 0 Å². The zero-order valence-electron chi connectivity index (χ0n) is 39.1. The first-order valence-corrected chi connectivity index (χ1v) is 24.3. The smallest absolute Gasteiger partial charge is 0.446 e. The van der Waals surface area contributed by atoms with E-state index in [-0.39, 0.29) is 37.0 Å². The molecule has 0 spiro atoms. The van der Waals surface area contributed by atoms with Gasteiger partial charge in [-0.05, 0) is 65.1 Å². The molecule has 7 amide bonds. The molecule has 5 aromatic rings. The summed E-state index contributed by atoms with van der Waals surface area (Å²) < 4.78 is 35.8. The normalized spacial score (nSPS) is 13.4. The van der Waals surface area contributed by atoms with E-state index in [0.29, 0.717) is 47.6 Å². The maximum Gasteiger partial charge on any atom is 0.446 e. The summed E-state index contributed by atoms with van der Waals surface area (Å²) in [5, 5.41) is 26.9. The molecular weight excluding hydrogens is 941 g/mol. The molecule has 21 nitrogen and oxygen atoms in total. The standard InChI is InChI=1S/C49H58N8O13S/c1-3-5-15-37(54-45(62)32-19-18-31-24-34(70-71(67,68)69)21-20-30(31)23-32)46(63)52-28-42(58)53-40(25-33-27-51-36-17-11-10-14-35(33)36)48(65)55-38(16-6-4-2)47(64)57-41(26-43(59)60)49(66)56-39(44(50)61)22-29-12-8-7-9-13-29/h7-14,17-21,23-24,27,37-41,51H,3-6,15-16,22,25-26,28H2,1-2H3,(H2,50,61)(H,52,63)(H,53,58)(H,54,62)(H,55,65)(H,56,66)(H,57,64)(H,59,60)(H,67,68,69)/t37-,38-,39-,40-,41-/m0/s1. The Morgan fingerprint density at radius 3 is 1.92 bits per heavy atom. The number of aliphatic carboxylic acids is 1. The fourth-order valence-corrected chi connectivity index (χ4v) is 8.02. The SMILES string of the molecule is CCCC[C@H](NC(=O)c1ccc2cc(OS(=O)(=O)O)ccc2c1)C(=O)NCC(=O)N[C@@H](Cc1c[nH]c2ccccc12)C(=O)N[C@@H](CCCC)C(=O)N[C@@H](CC(=O)O)C(=O)N[C@@H](Cc1ccccc1)C(N)=O. The van der Waals surface area contributed by atoms with E-state index in [0.717, 1.165) is 10.9 Å². The minimum absolute atomic E-state index is 0.00737. The maximum absolute atomic E-state index is 14.3. The van der Waals surface area contributed by atoms with Gasteiger partial charge in [0, 0.05) is 35.5 Å². The van der Waals surface area contributed by atoms with Gasteiger partial charge >= 0.3 is 16.4 Å². The molecule has 1 aromatic heterocycles. The maximum atomic E-state index is 14.3. The number of unbranched alkanes of at least 4 members (excludes halogenated alkanes) is 2. The van der Waals surface area contributed by atoms with Crippen LogP contribution in [-0.2, 0) is 56.8 Å². The number of rotatable bonds is 27. The number of carboxylic acid groups (broad SMARTS) is 1. The second-order valence-electron chi connectivity index (χ2n) is 16.8. The van der Waals surface area contributed by atoms with E-state index in [1.807, 2.05) is 32.0 Å². The molecule has 0 saturated carbocycles. The van der Waals surface area contributed by atoms with Gasteiger partial charge in [0.2, 0.25) is 35.4 Å². The van der Waals surface area contributed by atoms with E-state index < -0.39 is 101 Å². The highest BCUT2D eigenvalue weighted by Crippen LogP contribution is 2.24. The monoisotopic (exact) mass is 998 g/mol. The number of H-pyrrole nitrogens is 1. The Bertz CT molecular complexity index is 2840. The lowest BCUT2D eigenvalue weighted by atomic mass is 10.0. The molecule has 22 heteroatoms. The van der Waals surface area contributed by atoms with Crippen molar-refractivity contribution in [3.8, 4) is 5.75 Å². The third-order valence-corrected chi connectivity index (χ3v) is 11.8. The second kappa shape index (κ2) is 25.7.